The number of rotatable bonds is 6. The van der Waals surface area contributed by atoms with Crippen LogP contribution in [0, 0.1) is 0 Å². The van der Waals surface area contributed by atoms with Gasteiger partial charge in [0, 0.05) is 26.5 Å². The lowest BCUT2D eigenvalue weighted by molar-refractivity contribution is 0.703. The van der Waals surface area contributed by atoms with Crippen molar-refractivity contribution in [3.63, 3.8) is 0 Å². The van der Waals surface area contributed by atoms with Crippen molar-refractivity contribution in [1.82, 2.24) is 15.0 Å². The summed E-state index contributed by atoms with van der Waals surface area (Å²) in [6.07, 6.45) is 0. The molecule has 0 saturated heterocycles. The van der Waals surface area contributed by atoms with Crippen LogP contribution in [0.2, 0.25) is 0 Å². The highest BCUT2D eigenvalue weighted by Crippen LogP contribution is 2.57. The molecule has 0 saturated carbocycles. The molecule has 0 atom stereocenters. The van der Waals surface area contributed by atoms with Gasteiger partial charge in [-0.2, -0.15) is 0 Å². The second-order valence-electron chi connectivity index (χ2n) is 12.4. The zero-order valence-corrected chi connectivity index (χ0v) is 28.0. The van der Waals surface area contributed by atoms with Gasteiger partial charge in [0.2, 0.25) is 0 Å². The summed E-state index contributed by atoms with van der Waals surface area (Å²) in [5.74, 6) is 1.96. The standard InChI is InChI=1S/C46H31N3S/c1-5-16-33(17-6-1)43-47-44(34-18-7-2-8-19-34)49-45(48-43)35-30-28-32(29-31-35)38-24-15-26-40-42(38)50-41-27-14-13-25-39(41)46(40,36-20-9-3-10-21-36)37-22-11-4-12-23-37/h1-31H. The van der Waals surface area contributed by atoms with Gasteiger partial charge in [0.05, 0.1) is 5.41 Å². The van der Waals surface area contributed by atoms with E-state index < -0.39 is 5.41 Å². The van der Waals surface area contributed by atoms with Gasteiger partial charge >= 0.3 is 0 Å². The molecule has 3 nitrogen and oxygen atoms in total. The van der Waals surface area contributed by atoms with Gasteiger partial charge < -0.3 is 0 Å². The predicted octanol–water partition coefficient (Wildman–Crippen LogP) is 11.4. The molecule has 0 fully saturated rings. The van der Waals surface area contributed by atoms with Gasteiger partial charge in [0.25, 0.3) is 0 Å². The number of hydrogen-bond donors (Lipinski definition) is 0. The minimum absolute atomic E-state index is 0.470. The van der Waals surface area contributed by atoms with E-state index in [0.29, 0.717) is 17.5 Å². The van der Waals surface area contributed by atoms with Crippen LogP contribution in [-0.2, 0) is 5.41 Å². The van der Waals surface area contributed by atoms with Crippen molar-refractivity contribution in [1.29, 1.82) is 0 Å². The first kappa shape index (κ1) is 30.0. The molecule has 9 rings (SSSR count). The van der Waals surface area contributed by atoms with Gasteiger partial charge in [-0.05, 0) is 39.4 Å². The number of fused-ring (bicyclic) bond motifs is 2. The Morgan fingerprint density at radius 2 is 0.760 bits per heavy atom. The van der Waals surface area contributed by atoms with Crippen molar-refractivity contribution >= 4 is 11.8 Å². The van der Waals surface area contributed by atoms with Gasteiger partial charge in [-0.3, -0.25) is 0 Å². The maximum absolute atomic E-state index is 4.96. The molecular formula is C46H31N3S. The van der Waals surface area contributed by atoms with E-state index in [1.165, 1.54) is 37.6 Å². The van der Waals surface area contributed by atoms with E-state index in [0.717, 1.165) is 22.3 Å². The quantitative estimate of drug-likeness (QED) is 0.178. The van der Waals surface area contributed by atoms with Crippen molar-refractivity contribution in [2.75, 3.05) is 0 Å². The first-order chi connectivity index (χ1) is 24.8. The average Bonchev–Trinajstić information content (AvgIpc) is 3.21. The maximum atomic E-state index is 4.96. The fraction of sp³-hybridized carbons (Fsp3) is 0.0217. The second kappa shape index (κ2) is 12.7. The van der Waals surface area contributed by atoms with E-state index in [2.05, 4.69) is 127 Å². The zero-order valence-electron chi connectivity index (χ0n) is 27.1. The lowest BCUT2D eigenvalue weighted by Crippen LogP contribution is -2.34. The van der Waals surface area contributed by atoms with Crippen molar-refractivity contribution in [3.05, 3.63) is 210 Å². The van der Waals surface area contributed by atoms with Crippen molar-refractivity contribution < 1.29 is 0 Å². The summed E-state index contributed by atoms with van der Waals surface area (Å²) in [5, 5.41) is 0. The van der Waals surface area contributed by atoms with Gasteiger partial charge in [0.1, 0.15) is 0 Å². The smallest absolute Gasteiger partial charge is 0.164 e. The molecule has 1 aliphatic heterocycles. The van der Waals surface area contributed by atoms with Crippen LogP contribution in [0.3, 0.4) is 0 Å². The highest BCUT2D eigenvalue weighted by molar-refractivity contribution is 7.99. The molecule has 8 aromatic rings. The van der Waals surface area contributed by atoms with E-state index in [-0.39, 0.29) is 0 Å². The Morgan fingerprint density at radius 1 is 0.340 bits per heavy atom. The minimum Gasteiger partial charge on any atom is -0.208 e. The molecule has 0 bridgehead atoms. The Balaban J connectivity index is 1.19. The Hall–Kier alpha value is -6.10. The molecule has 1 aliphatic rings. The van der Waals surface area contributed by atoms with Crippen LogP contribution in [0.1, 0.15) is 22.3 Å². The maximum Gasteiger partial charge on any atom is 0.164 e. The topological polar surface area (TPSA) is 38.7 Å². The molecule has 1 aromatic heterocycles. The molecule has 0 N–H and O–H groups in total. The molecule has 50 heavy (non-hydrogen) atoms. The summed E-state index contributed by atoms with van der Waals surface area (Å²) >= 11 is 1.86. The summed E-state index contributed by atoms with van der Waals surface area (Å²) in [6.45, 7) is 0. The minimum atomic E-state index is -0.470. The summed E-state index contributed by atoms with van der Waals surface area (Å²) in [7, 11) is 0. The Bertz CT molecular complexity index is 2330. The third-order valence-corrected chi connectivity index (χ3v) is 10.7. The van der Waals surface area contributed by atoms with Crippen LogP contribution in [0.15, 0.2) is 198 Å². The first-order valence-corrected chi connectivity index (χ1v) is 17.6. The monoisotopic (exact) mass is 657 g/mol. The first-order valence-electron chi connectivity index (χ1n) is 16.8. The summed E-state index contributed by atoms with van der Waals surface area (Å²) in [4.78, 5) is 17.3. The van der Waals surface area contributed by atoms with Gasteiger partial charge in [0.15, 0.2) is 17.5 Å². The Kier molecular flexibility index (Phi) is 7.64. The lowest BCUT2D eigenvalue weighted by atomic mass is 9.64. The van der Waals surface area contributed by atoms with Crippen LogP contribution in [0.25, 0.3) is 45.3 Å². The van der Waals surface area contributed by atoms with E-state index in [1.54, 1.807) is 0 Å². The van der Waals surface area contributed by atoms with Crippen molar-refractivity contribution in [2.45, 2.75) is 15.2 Å². The van der Waals surface area contributed by atoms with Crippen LogP contribution < -0.4 is 0 Å². The summed E-state index contributed by atoms with van der Waals surface area (Å²) in [6, 6.07) is 66.4. The molecule has 0 spiro atoms. The van der Waals surface area contributed by atoms with Gasteiger partial charge in [-0.25, -0.2) is 15.0 Å². The fourth-order valence-electron chi connectivity index (χ4n) is 7.19. The van der Waals surface area contributed by atoms with Gasteiger partial charge in [-0.15, -0.1) is 0 Å². The van der Waals surface area contributed by atoms with Crippen molar-refractivity contribution in [3.8, 4) is 45.3 Å². The molecule has 4 heteroatoms. The summed E-state index contributed by atoms with van der Waals surface area (Å²) < 4.78 is 0. The van der Waals surface area contributed by atoms with E-state index in [4.69, 9.17) is 15.0 Å². The van der Waals surface area contributed by atoms with Gasteiger partial charge in [-0.1, -0.05) is 194 Å². The van der Waals surface area contributed by atoms with E-state index in [9.17, 15) is 0 Å². The largest absolute Gasteiger partial charge is 0.208 e. The molecule has 236 valence electrons. The molecule has 7 aromatic carbocycles. The van der Waals surface area contributed by atoms with E-state index >= 15 is 0 Å². The second-order valence-corrected chi connectivity index (χ2v) is 13.4. The molecule has 0 radical (unpaired) electrons. The third-order valence-electron chi connectivity index (χ3n) is 9.49. The molecular weight excluding hydrogens is 627 g/mol. The fourth-order valence-corrected chi connectivity index (χ4v) is 8.52. The summed E-state index contributed by atoms with van der Waals surface area (Å²) in [5.41, 5.74) is 9.84. The highest BCUT2D eigenvalue weighted by Gasteiger charge is 2.44. The third kappa shape index (κ3) is 5.13. The average molecular weight is 658 g/mol. The van der Waals surface area contributed by atoms with Crippen LogP contribution in [0.5, 0.6) is 0 Å². The highest BCUT2D eigenvalue weighted by atomic mass is 32.2. The Morgan fingerprint density at radius 3 is 1.30 bits per heavy atom. The van der Waals surface area contributed by atoms with Crippen LogP contribution in [0.4, 0.5) is 0 Å². The molecule has 0 unspecified atom stereocenters. The normalized spacial score (nSPS) is 12.9. The number of aromatic nitrogens is 3. The lowest BCUT2D eigenvalue weighted by Gasteiger charge is -2.42. The van der Waals surface area contributed by atoms with Crippen LogP contribution in [-0.4, -0.2) is 15.0 Å². The molecule has 0 aliphatic carbocycles. The number of hydrogen-bond acceptors (Lipinski definition) is 4. The Labute approximate surface area is 296 Å². The zero-order chi connectivity index (χ0) is 33.3. The molecule has 2 heterocycles. The van der Waals surface area contributed by atoms with E-state index in [1.807, 2.05) is 72.4 Å². The van der Waals surface area contributed by atoms with Crippen LogP contribution >= 0.6 is 11.8 Å². The number of nitrogens with zero attached hydrogens (tertiary/aromatic N) is 3. The SMILES string of the molecule is c1ccc(-c2nc(-c3ccccc3)nc(-c3ccc(-c4cccc5c4Sc4ccccc4C5(c4ccccc4)c4ccccc4)cc3)n2)cc1. The predicted molar refractivity (Wildman–Crippen MR) is 204 cm³/mol. The molecule has 0 amide bonds. The number of benzene rings is 7. The van der Waals surface area contributed by atoms with Crippen molar-refractivity contribution in [2.24, 2.45) is 0 Å².